The van der Waals surface area contributed by atoms with Crippen molar-refractivity contribution in [2.75, 3.05) is 6.61 Å². The Labute approximate surface area is 72.8 Å². The molecule has 78 valence electrons. The Hall–Kier alpha value is -0.360. The van der Waals surface area contributed by atoms with E-state index in [1.807, 2.05) is 0 Å². The molecule has 1 aliphatic rings. The highest BCUT2D eigenvalue weighted by molar-refractivity contribution is 4.86. The Morgan fingerprint density at radius 1 is 1.38 bits per heavy atom. The fourth-order valence-electron chi connectivity index (χ4n) is 0.961. The van der Waals surface area contributed by atoms with E-state index in [1.165, 1.54) is 6.92 Å². The molecule has 13 heavy (non-hydrogen) atoms. The molecule has 1 heterocycles. The smallest absolute Gasteiger partial charge is 0.344 e. The van der Waals surface area contributed by atoms with Crippen LogP contribution in [0.25, 0.3) is 0 Å². The highest BCUT2D eigenvalue weighted by atomic mass is 19.4. The topological polar surface area (TPSA) is 18.5 Å². The van der Waals surface area contributed by atoms with Crippen LogP contribution in [0.15, 0.2) is 0 Å². The van der Waals surface area contributed by atoms with Gasteiger partial charge in [-0.15, -0.1) is 0 Å². The molecule has 2 atom stereocenters. The van der Waals surface area contributed by atoms with Crippen molar-refractivity contribution in [1.29, 1.82) is 0 Å². The largest absolute Gasteiger partial charge is 0.450 e. The Bertz CT molecular complexity index is 205. The van der Waals surface area contributed by atoms with Gasteiger partial charge in [-0.1, -0.05) is 6.92 Å². The molecule has 0 amide bonds. The minimum absolute atomic E-state index is 0.161. The molecule has 2 nitrogen and oxygen atoms in total. The minimum atomic E-state index is -5.04. The predicted molar refractivity (Wildman–Crippen MR) is 35.6 cm³/mol. The molecule has 1 fully saturated rings. The lowest BCUT2D eigenvalue weighted by atomic mass is 10.2. The van der Waals surface area contributed by atoms with Gasteiger partial charge in [0.15, 0.2) is 5.79 Å². The van der Waals surface area contributed by atoms with Crippen molar-refractivity contribution < 1.29 is 27.0 Å². The number of alkyl halides is 4. The summed E-state index contributed by atoms with van der Waals surface area (Å²) in [4.78, 5) is 0. The van der Waals surface area contributed by atoms with Crippen molar-refractivity contribution in [2.45, 2.75) is 38.1 Å². The third-order valence-electron chi connectivity index (χ3n) is 2.01. The molecule has 1 rings (SSSR count). The van der Waals surface area contributed by atoms with Gasteiger partial charge in [-0.3, -0.25) is 0 Å². The first kappa shape index (κ1) is 10.7. The molecule has 0 radical (unpaired) electrons. The number of rotatable bonds is 1. The maximum atomic E-state index is 13.0. The number of hydrogen-bond acceptors (Lipinski definition) is 2. The summed E-state index contributed by atoms with van der Waals surface area (Å²) >= 11 is 0. The van der Waals surface area contributed by atoms with Gasteiger partial charge in [-0.05, 0) is 13.3 Å². The molecule has 6 heteroatoms. The highest BCUT2D eigenvalue weighted by Crippen LogP contribution is 2.44. The van der Waals surface area contributed by atoms with Crippen LogP contribution in [0.1, 0.15) is 20.3 Å². The van der Waals surface area contributed by atoms with E-state index in [-0.39, 0.29) is 6.42 Å². The Morgan fingerprint density at radius 3 is 2.15 bits per heavy atom. The fraction of sp³-hybridized carbons (Fsp3) is 1.00. The lowest BCUT2D eigenvalue weighted by Crippen LogP contribution is -2.44. The normalized spacial score (nSPS) is 41.1. The average Bonchev–Trinajstić information content (AvgIpc) is 2.29. The van der Waals surface area contributed by atoms with Crippen molar-refractivity contribution in [2.24, 2.45) is 0 Å². The van der Waals surface area contributed by atoms with E-state index in [2.05, 4.69) is 9.47 Å². The van der Waals surface area contributed by atoms with E-state index in [9.17, 15) is 17.6 Å². The predicted octanol–water partition coefficient (Wildman–Crippen LogP) is 2.39. The zero-order valence-corrected chi connectivity index (χ0v) is 7.24. The minimum Gasteiger partial charge on any atom is -0.344 e. The second-order valence-corrected chi connectivity index (χ2v) is 3.10. The summed E-state index contributed by atoms with van der Waals surface area (Å²) in [5.41, 5.74) is 0. The Kier molecular flexibility index (Phi) is 2.32. The maximum Gasteiger partial charge on any atom is 0.450 e. The molecule has 0 aromatic rings. The summed E-state index contributed by atoms with van der Waals surface area (Å²) in [6.07, 6.45) is -4.88. The van der Waals surface area contributed by atoms with Crippen LogP contribution >= 0.6 is 0 Å². The van der Waals surface area contributed by atoms with E-state index in [4.69, 9.17) is 0 Å². The van der Waals surface area contributed by atoms with Gasteiger partial charge < -0.3 is 9.47 Å². The van der Waals surface area contributed by atoms with Crippen LogP contribution in [0.2, 0.25) is 0 Å². The zero-order valence-electron chi connectivity index (χ0n) is 7.24. The third kappa shape index (κ3) is 1.78. The van der Waals surface area contributed by atoms with E-state index in [1.54, 1.807) is 6.92 Å². The van der Waals surface area contributed by atoms with Crippen molar-refractivity contribution >= 4 is 0 Å². The second kappa shape index (κ2) is 2.81. The Morgan fingerprint density at radius 2 is 1.92 bits per heavy atom. The van der Waals surface area contributed by atoms with Crippen LogP contribution in [0, 0.1) is 0 Å². The SMILES string of the molecule is CCC1(C)OCC(F)(C(F)(F)F)O1. The second-order valence-electron chi connectivity index (χ2n) is 3.10. The van der Waals surface area contributed by atoms with Gasteiger partial charge in [0.2, 0.25) is 0 Å². The first-order valence-electron chi connectivity index (χ1n) is 3.82. The summed E-state index contributed by atoms with van der Waals surface area (Å²) < 4.78 is 58.0. The molecule has 0 bridgehead atoms. The summed E-state index contributed by atoms with van der Waals surface area (Å²) in [6.45, 7) is 1.74. The standard InChI is InChI=1S/C7H10F4O2/c1-3-5(2)12-4-6(8,13-5)7(9,10)11/h3-4H2,1-2H3. The van der Waals surface area contributed by atoms with Crippen LogP contribution in [-0.4, -0.2) is 24.4 Å². The lowest BCUT2D eigenvalue weighted by molar-refractivity contribution is -0.335. The van der Waals surface area contributed by atoms with Crippen molar-refractivity contribution in [1.82, 2.24) is 0 Å². The van der Waals surface area contributed by atoms with Crippen molar-refractivity contribution in [3.63, 3.8) is 0 Å². The van der Waals surface area contributed by atoms with Crippen LogP contribution in [0.5, 0.6) is 0 Å². The lowest BCUT2D eigenvalue weighted by Gasteiger charge is -2.25. The van der Waals surface area contributed by atoms with E-state index in [0.717, 1.165) is 0 Å². The Balaban J connectivity index is 2.78. The first-order valence-corrected chi connectivity index (χ1v) is 3.82. The summed E-state index contributed by atoms with van der Waals surface area (Å²) in [6, 6.07) is 0. The molecule has 0 aromatic carbocycles. The quantitative estimate of drug-likeness (QED) is 0.608. The van der Waals surface area contributed by atoms with Crippen LogP contribution in [0.3, 0.4) is 0 Å². The van der Waals surface area contributed by atoms with Gasteiger partial charge in [0.05, 0.1) is 0 Å². The molecule has 0 spiro atoms. The first-order chi connectivity index (χ1) is 5.72. The third-order valence-corrected chi connectivity index (χ3v) is 2.01. The zero-order chi connectivity index (χ0) is 10.3. The number of hydrogen-bond donors (Lipinski definition) is 0. The monoisotopic (exact) mass is 202 g/mol. The van der Waals surface area contributed by atoms with E-state index >= 15 is 0 Å². The van der Waals surface area contributed by atoms with Gasteiger partial charge in [0, 0.05) is 0 Å². The summed E-state index contributed by atoms with van der Waals surface area (Å²) in [7, 11) is 0. The van der Waals surface area contributed by atoms with Crippen molar-refractivity contribution in [3.05, 3.63) is 0 Å². The maximum absolute atomic E-state index is 13.0. The molecule has 1 aliphatic heterocycles. The number of halogens is 4. The average molecular weight is 202 g/mol. The molecule has 0 N–H and O–H groups in total. The summed E-state index contributed by atoms with van der Waals surface area (Å²) in [5, 5.41) is 0. The van der Waals surface area contributed by atoms with Crippen LogP contribution in [-0.2, 0) is 9.47 Å². The van der Waals surface area contributed by atoms with Gasteiger partial charge in [0.25, 0.3) is 0 Å². The molecule has 0 saturated carbocycles. The van der Waals surface area contributed by atoms with Gasteiger partial charge >= 0.3 is 12.0 Å². The number of ether oxygens (including phenoxy) is 2. The van der Waals surface area contributed by atoms with Gasteiger partial charge in [-0.2, -0.15) is 17.6 Å². The van der Waals surface area contributed by atoms with Gasteiger partial charge in [0.1, 0.15) is 6.61 Å². The van der Waals surface area contributed by atoms with E-state index < -0.39 is 24.4 Å². The highest BCUT2D eigenvalue weighted by Gasteiger charge is 2.64. The molecule has 0 aromatic heterocycles. The molecule has 1 saturated heterocycles. The van der Waals surface area contributed by atoms with Gasteiger partial charge in [-0.25, -0.2) is 0 Å². The fourth-order valence-corrected chi connectivity index (χ4v) is 0.961. The van der Waals surface area contributed by atoms with Crippen molar-refractivity contribution in [3.8, 4) is 0 Å². The van der Waals surface area contributed by atoms with Crippen LogP contribution < -0.4 is 0 Å². The molecular formula is C7H10F4O2. The van der Waals surface area contributed by atoms with E-state index in [0.29, 0.717) is 0 Å². The molecule has 0 aliphatic carbocycles. The van der Waals surface area contributed by atoms with Crippen LogP contribution in [0.4, 0.5) is 17.6 Å². The molecular weight excluding hydrogens is 192 g/mol. The molecule has 2 unspecified atom stereocenters. The summed E-state index contributed by atoms with van der Waals surface area (Å²) in [5.74, 6) is -5.12.